The normalized spacial score (nSPS) is 10.1. The fourth-order valence-electron chi connectivity index (χ4n) is 1.17. The Morgan fingerprint density at radius 3 is 2.79 bits per heavy atom. The molecule has 0 aliphatic heterocycles. The molecule has 0 radical (unpaired) electrons. The molecular weight excluding hydrogens is 178 g/mol. The molecule has 0 bridgehead atoms. The van der Waals surface area contributed by atoms with Crippen molar-refractivity contribution in [1.29, 1.82) is 0 Å². The Labute approximate surface area is 81.8 Å². The van der Waals surface area contributed by atoms with E-state index in [2.05, 4.69) is 20.4 Å². The van der Waals surface area contributed by atoms with Crippen LogP contribution < -0.4 is 5.32 Å². The number of nitrogens with one attached hydrogen (secondary N) is 1. The van der Waals surface area contributed by atoms with Crippen LogP contribution in [0.1, 0.15) is 0 Å². The summed E-state index contributed by atoms with van der Waals surface area (Å²) in [5.41, 5.74) is 1.68. The van der Waals surface area contributed by atoms with Gasteiger partial charge in [0.2, 0.25) is 5.95 Å². The summed E-state index contributed by atoms with van der Waals surface area (Å²) in [6.45, 7) is 0. The molecule has 2 aromatic heterocycles. The van der Waals surface area contributed by atoms with E-state index in [1.54, 1.807) is 17.9 Å². The summed E-state index contributed by atoms with van der Waals surface area (Å²) in [6.07, 6.45) is 3.60. The van der Waals surface area contributed by atoms with Crippen LogP contribution >= 0.6 is 0 Å². The topological polar surface area (TPSA) is 55.6 Å². The van der Waals surface area contributed by atoms with Crippen LogP contribution in [0.5, 0.6) is 0 Å². The maximum Gasteiger partial charge on any atom is 0.222 e. The largest absolute Gasteiger partial charge is 0.357 e. The van der Waals surface area contributed by atoms with Gasteiger partial charge in [-0.2, -0.15) is 5.10 Å². The average Bonchev–Trinajstić information content (AvgIpc) is 2.65. The van der Waals surface area contributed by atoms with Crippen molar-refractivity contribution >= 4 is 5.95 Å². The highest BCUT2D eigenvalue weighted by molar-refractivity contribution is 5.54. The minimum Gasteiger partial charge on any atom is -0.357 e. The lowest BCUT2D eigenvalue weighted by Gasteiger charge is -1.99. The summed E-state index contributed by atoms with van der Waals surface area (Å²) < 4.78 is 1.75. The smallest absolute Gasteiger partial charge is 0.222 e. The lowest BCUT2D eigenvalue weighted by molar-refractivity contribution is 0.770. The number of aromatic nitrogens is 4. The standard InChI is InChI=1S/C9H11N5/c1-10-9-11-5-3-7(12-9)8-4-6-14(2)13-8/h3-6H,1-2H3,(H,10,11,12). The monoisotopic (exact) mass is 189 g/mol. The molecule has 14 heavy (non-hydrogen) atoms. The van der Waals surface area contributed by atoms with Gasteiger partial charge in [0.05, 0.1) is 5.69 Å². The predicted molar refractivity (Wildman–Crippen MR) is 53.8 cm³/mol. The molecule has 0 aliphatic rings. The fourth-order valence-corrected chi connectivity index (χ4v) is 1.17. The zero-order valence-electron chi connectivity index (χ0n) is 8.10. The van der Waals surface area contributed by atoms with Gasteiger partial charge in [0.25, 0.3) is 0 Å². The molecule has 2 aromatic rings. The summed E-state index contributed by atoms with van der Waals surface area (Å²) in [5.74, 6) is 0.605. The Morgan fingerprint density at radius 2 is 2.14 bits per heavy atom. The van der Waals surface area contributed by atoms with Crippen molar-refractivity contribution < 1.29 is 0 Å². The zero-order valence-corrected chi connectivity index (χ0v) is 8.10. The molecule has 1 N–H and O–H groups in total. The molecular formula is C9H11N5. The maximum absolute atomic E-state index is 4.28. The molecule has 0 atom stereocenters. The minimum atomic E-state index is 0.605. The molecule has 5 nitrogen and oxygen atoms in total. The van der Waals surface area contributed by atoms with Crippen molar-refractivity contribution in [3.63, 3.8) is 0 Å². The van der Waals surface area contributed by atoms with Gasteiger partial charge >= 0.3 is 0 Å². The SMILES string of the molecule is CNc1nccc(-c2ccn(C)n2)n1. The van der Waals surface area contributed by atoms with E-state index >= 15 is 0 Å². The number of aryl methyl sites for hydroxylation is 1. The third-order valence-electron chi connectivity index (χ3n) is 1.86. The first-order valence-electron chi connectivity index (χ1n) is 4.30. The Kier molecular flexibility index (Phi) is 2.14. The highest BCUT2D eigenvalue weighted by Crippen LogP contribution is 2.13. The highest BCUT2D eigenvalue weighted by Gasteiger charge is 2.03. The molecule has 0 saturated heterocycles. The Balaban J connectivity index is 2.41. The Morgan fingerprint density at radius 1 is 1.29 bits per heavy atom. The molecule has 0 unspecified atom stereocenters. The summed E-state index contributed by atoms with van der Waals surface area (Å²) in [5, 5.41) is 7.14. The maximum atomic E-state index is 4.28. The van der Waals surface area contributed by atoms with E-state index in [1.807, 2.05) is 25.4 Å². The van der Waals surface area contributed by atoms with E-state index in [4.69, 9.17) is 0 Å². The van der Waals surface area contributed by atoms with Crippen LogP contribution in [-0.4, -0.2) is 26.8 Å². The van der Waals surface area contributed by atoms with Gasteiger partial charge in [0.1, 0.15) is 5.69 Å². The average molecular weight is 189 g/mol. The predicted octanol–water partition coefficient (Wildman–Crippen LogP) is 0.919. The molecule has 0 aliphatic carbocycles. The van der Waals surface area contributed by atoms with Crippen molar-refractivity contribution in [3.8, 4) is 11.4 Å². The van der Waals surface area contributed by atoms with E-state index in [9.17, 15) is 0 Å². The van der Waals surface area contributed by atoms with Crippen molar-refractivity contribution in [1.82, 2.24) is 19.7 Å². The molecule has 0 amide bonds. The first-order chi connectivity index (χ1) is 6.79. The van der Waals surface area contributed by atoms with E-state index in [0.29, 0.717) is 5.95 Å². The quantitative estimate of drug-likeness (QED) is 0.763. The van der Waals surface area contributed by atoms with Gasteiger partial charge in [-0.1, -0.05) is 0 Å². The second kappa shape index (κ2) is 3.45. The van der Waals surface area contributed by atoms with E-state index in [1.165, 1.54) is 0 Å². The molecule has 0 aromatic carbocycles. The lowest BCUT2D eigenvalue weighted by Crippen LogP contribution is -1.97. The van der Waals surface area contributed by atoms with Crippen LogP contribution in [0.25, 0.3) is 11.4 Å². The summed E-state index contributed by atoms with van der Waals surface area (Å²) in [7, 11) is 3.67. The van der Waals surface area contributed by atoms with Gasteiger partial charge in [-0.3, -0.25) is 4.68 Å². The van der Waals surface area contributed by atoms with Crippen LogP contribution in [-0.2, 0) is 7.05 Å². The van der Waals surface area contributed by atoms with Crippen LogP contribution in [0, 0.1) is 0 Å². The molecule has 2 rings (SSSR count). The van der Waals surface area contributed by atoms with Crippen LogP contribution in [0.2, 0.25) is 0 Å². The Bertz CT molecular complexity index is 434. The lowest BCUT2D eigenvalue weighted by atomic mass is 10.3. The van der Waals surface area contributed by atoms with Crippen LogP contribution in [0.3, 0.4) is 0 Å². The van der Waals surface area contributed by atoms with Crippen molar-refractivity contribution in [2.45, 2.75) is 0 Å². The summed E-state index contributed by atoms with van der Waals surface area (Å²) in [4.78, 5) is 8.31. The third-order valence-corrected chi connectivity index (χ3v) is 1.86. The van der Waals surface area contributed by atoms with Crippen molar-refractivity contribution in [2.75, 3.05) is 12.4 Å². The molecule has 0 spiro atoms. The van der Waals surface area contributed by atoms with E-state index < -0.39 is 0 Å². The van der Waals surface area contributed by atoms with Gasteiger partial charge in [-0.25, -0.2) is 9.97 Å². The zero-order chi connectivity index (χ0) is 9.97. The Hall–Kier alpha value is -1.91. The highest BCUT2D eigenvalue weighted by atomic mass is 15.3. The molecule has 5 heteroatoms. The van der Waals surface area contributed by atoms with Gasteiger partial charge < -0.3 is 5.32 Å². The summed E-state index contributed by atoms with van der Waals surface area (Å²) in [6, 6.07) is 3.75. The van der Waals surface area contributed by atoms with Gasteiger partial charge in [0, 0.05) is 26.5 Å². The second-order valence-corrected chi connectivity index (χ2v) is 2.89. The van der Waals surface area contributed by atoms with Crippen LogP contribution in [0.4, 0.5) is 5.95 Å². The van der Waals surface area contributed by atoms with E-state index in [0.717, 1.165) is 11.4 Å². The molecule has 2 heterocycles. The van der Waals surface area contributed by atoms with Gasteiger partial charge in [0.15, 0.2) is 0 Å². The van der Waals surface area contributed by atoms with Gasteiger partial charge in [-0.05, 0) is 12.1 Å². The fraction of sp³-hybridized carbons (Fsp3) is 0.222. The third kappa shape index (κ3) is 1.56. The number of nitrogens with zero attached hydrogens (tertiary/aromatic N) is 4. The number of hydrogen-bond acceptors (Lipinski definition) is 4. The molecule has 72 valence electrons. The number of anilines is 1. The van der Waals surface area contributed by atoms with Crippen LogP contribution in [0.15, 0.2) is 24.5 Å². The van der Waals surface area contributed by atoms with Crippen molar-refractivity contribution in [2.24, 2.45) is 7.05 Å². The molecule has 0 fully saturated rings. The first-order valence-corrected chi connectivity index (χ1v) is 4.30. The van der Waals surface area contributed by atoms with E-state index in [-0.39, 0.29) is 0 Å². The van der Waals surface area contributed by atoms with Gasteiger partial charge in [-0.15, -0.1) is 0 Å². The van der Waals surface area contributed by atoms with Crippen molar-refractivity contribution in [3.05, 3.63) is 24.5 Å². The second-order valence-electron chi connectivity index (χ2n) is 2.89. The minimum absolute atomic E-state index is 0.605. The number of rotatable bonds is 2. The number of hydrogen-bond donors (Lipinski definition) is 1. The first kappa shape index (κ1) is 8.68. The molecule has 0 saturated carbocycles. The summed E-state index contributed by atoms with van der Waals surface area (Å²) >= 11 is 0.